The summed E-state index contributed by atoms with van der Waals surface area (Å²) in [5.41, 5.74) is 2.45. The molecule has 1 aromatic carbocycles. The van der Waals surface area contributed by atoms with Gasteiger partial charge in [-0.2, -0.15) is 0 Å². The van der Waals surface area contributed by atoms with E-state index in [0.717, 1.165) is 18.8 Å². The van der Waals surface area contributed by atoms with E-state index in [4.69, 9.17) is 4.74 Å². The second kappa shape index (κ2) is 5.17. The van der Waals surface area contributed by atoms with Crippen LogP contribution in [0.5, 0.6) is 5.75 Å². The lowest BCUT2D eigenvalue weighted by Crippen LogP contribution is -2.01. The average Bonchev–Trinajstić information content (AvgIpc) is 2.76. The highest BCUT2D eigenvalue weighted by Crippen LogP contribution is 2.19. The number of thiophene rings is 1. The SMILES string of the molecule is Cc1ccc(C)c(OCCc2cccs2)c1. The fraction of sp³-hybridized carbons (Fsp3) is 0.286. The van der Waals surface area contributed by atoms with Crippen molar-refractivity contribution in [2.45, 2.75) is 20.3 Å². The van der Waals surface area contributed by atoms with Crippen molar-refractivity contribution in [3.8, 4) is 5.75 Å². The van der Waals surface area contributed by atoms with Gasteiger partial charge in [-0.1, -0.05) is 18.2 Å². The molecule has 0 amide bonds. The lowest BCUT2D eigenvalue weighted by atomic mass is 10.1. The predicted molar refractivity (Wildman–Crippen MR) is 69.4 cm³/mol. The Morgan fingerprint density at radius 1 is 1.19 bits per heavy atom. The van der Waals surface area contributed by atoms with E-state index < -0.39 is 0 Å². The van der Waals surface area contributed by atoms with Crippen LogP contribution in [0.2, 0.25) is 0 Å². The van der Waals surface area contributed by atoms with Crippen molar-refractivity contribution in [1.82, 2.24) is 0 Å². The van der Waals surface area contributed by atoms with Gasteiger partial charge in [0.2, 0.25) is 0 Å². The molecule has 2 rings (SSSR count). The van der Waals surface area contributed by atoms with Gasteiger partial charge in [-0.05, 0) is 42.5 Å². The molecule has 0 aliphatic carbocycles. The molecule has 0 fully saturated rings. The van der Waals surface area contributed by atoms with Gasteiger partial charge in [0, 0.05) is 11.3 Å². The van der Waals surface area contributed by atoms with Crippen molar-refractivity contribution in [3.05, 3.63) is 51.7 Å². The lowest BCUT2D eigenvalue weighted by molar-refractivity contribution is 0.320. The van der Waals surface area contributed by atoms with Gasteiger partial charge in [-0.15, -0.1) is 11.3 Å². The second-order valence-corrected chi connectivity index (χ2v) is 4.98. The van der Waals surface area contributed by atoms with Crippen LogP contribution in [0.3, 0.4) is 0 Å². The molecule has 0 N–H and O–H groups in total. The Hall–Kier alpha value is -1.28. The van der Waals surface area contributed by atoms with Crippen molar-refractivity contribution in [3.63, 3.8) is 0 Å². The highest BCUT2D eigenvalue weighted by molar-refractivity contribution is 7.09. The summed E-state index contributed by atoms with van der Waals surface area (Å²) in [6.45, 7) is 4.93. The van der Waals surface area contributed by atoms with Crippen molar-refractivity contribution in [1.29, 1.82) is 0 Å². The minimum absolute atomic E-state index is 0.755. The Labute approximate surface area is 101 Å². The van der Waals surface area contributed by atoms with Gasteiger partial charge >= 0.3 is 0 Å². The molecule has 84 valence electrons. The number of benzene rings is 1. The third kappa shape index (κ3) is 2.86. The van der Waals surface area contributed by atoms with Gasteiger partial charge in [-0.25, -0.2) is 0 Å². The van der Waals surface area contributed by atoms with E-state index in [1.807, 2.05) is 0 Å². The highest BCUT2D eigenvalue weighted by atomic mass is 32.1. The Balaban J connectivity index is 1.92. The van der Waals surface area contributed by atoms with Crippen LogP contribution < -0.4 is 4.74 Å². The van der Waals surface area contributed by atoms with E-state index in [9.17, 15) is 0 Å². The number of rotatable bonds is 4. The molecule has 0 saturated heterocycles. The van der Waals surface area contributed by atoms with Crippen molar-refractivity contribution >= 4 is 11.3 Å². The van der Waals surface area contributed by atoms with Crippen LogP contribution in [-0.4, -0.2) is 6.61 Å². The summed E-state index contributed by atoms with van der Waals surface area (Å²) in [7, 11) is 0. The van der Waals surface area contributed by atoms with Crippen molar-refractivity contribution in [2.24, 2.45) is 0 Å². The van der Waals surface area contributed by atoms with Gasteiger partial charge in [0.15, 0.2) is 0 Å². The van der Waals surface area contributed by atoms with Gasteiger partial charge in [0.05, 0.1) is 6.61 Å². The maximum absolute atomic E-state index is 5.80. The van der Waals surface area contributed by atoms with E-state index >= 15 is 0 Å². The number of aryl methyl sites for hydroxylation is 2. The summed E-state index contributed by atoms with van der Waals surface area (Å²) in [6.07, 6.45) is 0.991. The third-order valence-electron chi connectivity index (χ3n) is 2.53. The van der Waals surface area contributed by atoms with Crippen LogP contribution in [0, 0.1) is 13.8 Å². The molecule has 0 aliphatic heterocycles. The summed E-state index contributed by atoms with van der Waals surface area (Å²) in [6, 6.07) is 10.6. The van der Waals surface area contributed by atoms with Crippen LogP contribution in [0.4, 0.5) is 0 Å². The first-order valence-electron chi connectivity index (χ1n) is 5.48. The van der Waals surface area contributed by atoms with Gasteiger partial charge in [0.1, 0.15) is 5.75 Å². The monoisotopic (exact) mass is 232 g/mol. The number of hydrogen-bond donors (Lipinski definition) is 0. The molecule has 16 heavy (non-hydrogen) atoms. The van der Waals surface area contributed by atoms with Gasteiger partial charge in [-0.3, -0.25) is 0 Å². The maximum atomic E-state index is 5.80. The summed E-state index contributed by atoms with van der Waals surface area (Å²) in [5.74, 6) is 1.01. The van der Waals surface area contributed by atoms with Crippen LogP contribution >= 0.6 is 11.3 Å². The average molecular weight is 232 g/mol. The number of hydrogen-bond acceptors (Lipinski definition) is 2. The molecule has 1 nitrogen and oxygen atoms in total. The molecule has 0 aliphatic rings. The van der Waals surface area contributed by atoms with E-state index in [1.54, 1.807) is 11.3 Å². The van der Waals surface area contributed by atoms with Crippen LogP contribution in [0.25, 0.3) is 0 Å². The molecule has 0 atom stereocenters. The summed E-state index contributed by atoms with van der Waals surface area (Å²) >= 11 is 1.79. The molecular formula is C14H16OS. The van der Waals surface area contributed by atoms with E-state index in [0.29, 0.717) is 0 Å². The molecule has 0 radical (unpaired) electrons. The minimum atomic E-state index is 0.755. The Kier molecular flexibility index (Phi) is 3.62. The normalized spacial score (nSPS) is 10.4. The van der Waals surface area contributed by atoms with E-state index in [2.05, 4.69) is 49.6 Å². The fourth-order valence-corrected chi connectivity index (χ4v) is 2.27. The maximum Gasteiger partial charge on any atom is 0.122 e. The first-order valence-corrected chi connectivity index (χ1v) is 6.36. The van der Waals surface area contributed by atoms with E-state index in [1.165, 1.54) is 16.0 Å². The first-order chi connectivity index (χ1) is 7.75. The number of ether oxygens (including phenoxy) is 1. The zero-order valence-corrected chi connectivity index (χ0v) is 10.5. The smallest absolute Gasteiger partial charge is 0.122 e. The first kappa shape index (κ1) is 11.2. The summed E-state index contributed by atoms with van der Waals surface area (Å²) in [4.78, 5) is 1.38. The minimum Gasteiger partial charge on any atom is -0.493 e. The Morgan fingerprint density at radius 2 is 2.06 bits per heavy atom. The Bertz CT molecular complexity index is 446. The highest BCUT2D eigenvalue weighted by Gasteiger charge is 2.00. The van der Waals surface area contributed by atoms with Gasteiger partial charge in [0.25, 0.3) is 0 Å². The molecular weight excluding hydrogens is 216 g/mol. The van der Waals surface area contributed by atoms with Crippen LogP contribution in [-0.2, 0) is 6.42 Å². The van der Waals surface area contributed by atoms with Crippen LogP contribution in [0.15, 0.2) is 35.7 Å². The largest absolute Gasteiger partial charge is 0.493 e. The molecule has 0 unspecified atom stereocenters. The lowest BCUT2D eigenvalue weighted by Gasteiger charge is -2.09. The second-order valence-electron chi connectivity index (χ2n) is 3.95. The quantitative estimate of drug-likeness (QED) is 0.774. The van der Waals surface area contributed by atoms with Crippen molar-refractivity contribution < 1.29 is 4.74 Å². The topological polar surface area (TPSA) is 9.23 Å². The predicted octanol–water partition coefficient (Wildman–Crippen LogP) is 3.99. The van der Waals surface area contributed by atoms with Crippen LogP contribution in [0.1, 0.15) is 16.0 Å². The zero-order chi connectivity index (χ0) is 11.4. The zero-order valence-electron chi connectivity index (χ0n) is 9.69. The van der Waals surface area contributed by atoms with Crippen molar-refractivity contribution in [2.75, 3.05) is 6.61 Å². The third-order valence-corrected chi connectivity index (χ3v) is 3.47. The summed E-state index contributed by atoms with van der Waals surface area (Å²) in [5, 5.41) is 2.10. The Morgan fingerprint density at radius 3 is 2.81 bits per heavy atom. The molecule has 0 spiro atoms. The standard InChI is InChI=1S/C14H16OS/c1-11-5-6-12(2)14(10-11)15-8-7-13-4-3-9-16-13/h3-6,9-10H,7-8H2,1-2H3. The fourth-order valence-electron chi connectivity index (χ4n) is 1.58. The molecule has 2 heteroatoms. The van der Waals surface area contributed by atoms with Gasteiger partial charge < -0.3 is 4.74 Å². The summed E-state index contributed by atoms with van der Waals surface area (Å²) < 4.78 is 5.80. The van der Waals surface area contributed by atoms with E-state index in [-0.39, 0.29) is 0 Å². The molecule has 2 aromatic rings. The molecule has 0 bridgehead atoms. The molecule has 1 aromatic heterocycles. The molecule has 1 heterocycles. The molecule has 0 saturated carbocycles.